The quantitative estimate of drug-likeness (QED) is 0.589. The number of hydrogen-bond donors (Lipinski definition) is 2. The first-order valence-corrected chi connectivity index (χ1v) is 8.34. The second kappa shape index (κ2) is 6.07. The third-order valence-corrected chi connectivity index (χ3v) is 5.36. The predicted molar refractivity (Wildman–Crippen MR) is 78.4 cm³/mol. The minimum absolute atomic E-state index is 0.129. The largest absolute Gasteiger partial charge is 0.307 e. The Balaban J connectivity index is 2.30. The van der Waals surface area contributed by atoms with E-state index in [9.17, 15) is 8.42 Å². The highest BCUT2D eigenvalue weighted by atomic mass is 32.2. The minimum Gasteiger partial charge on any atom is -0.307 e. The molecule has 1 aliphatic rings. The molecule has 7 heteroatoms. The molecule has 2 rings (SSSR count). The fourth-order valence-electron chi connectivity index (χ4n) is 2.08. The van der Waals surface area contributed by atoms with Crippen LogP contribution in [0, 0.1) is 5.92 Å². The summed E-state index contributed by atoms with van der Waals surface area (Å²) >= 11 is 0. The molecule has 20 heavy (non-hydrogen) atoms. The lowest BCUT2D eigenvalue weighted by molar-refractivity contribution is 0.373. The van der Waals surface area contributed by atoms with Crippen LogP contribution in [-0.4, -0.2) is 30.3 Å². The van der Waals surface area contributed by atoms with Crippen LogP contribution < -0.4 is 11.3 Å². The summed E-state index contributed by atoms with van der Waals surface area (Å²) in [4.78, 5) is 4.13. The molecule has 1 heterocycles. The van der Waals surface area contributed by atoms with E-state index in [4.69, 9.17) is 5.84 Å². The van der Waals surface area contributed by atoms with Gasteiger partial charge in [0.15, 0.2) is 5.82 Å². The van der Waals surface area contributed by atoms with E-state index in [0.29, 0.717) is 12.5 Å². The van der Waals surface area contributed by atoms with E-state index >= 15 is 0 Å². The number of hydrazine groups is 1. The maximum absolute atomic E-state index is 12.8. The van der Waals surface area contributed by atoms with Crippen molar-refractivity contribution in [3.63, 3.8) is 0 Å². The first-order chi connectivity index (χ1) is 9.46. The number of pyridine rings is 1. The Kier molecular flexibility index (Phi) is 4.62. The van der Waals surface area contributed by atoms with Gasteiger partial charge in [0.25, 0.3) is 0 Å². The average Bonchev–Trinajstić information content (AvgIpc) is 3.23. The molecule has 1 fully saturated rings. The normalized spacial score (nSPS) is 15.8. The molecule has 1 saturated carbocycles. The Morgan fingerprint density at radius 1 is 1.50 bits per heavy atom. The SMILES string of the molecule is CC(C)CCN(C1CC1)S(=O)(=O)c1cccnc1NN. The Bertz CT molecular complexity index is 555. The molecule has 3 N–H and O–H groups in total. The summed E-state index contributed by atoms with van der Waals surface area (Å²) in [6, 6.07) is 3.29. The van der Waals surface area contributed by atoms with Gasteiger partial charge in [0.05, 0.1) is 0 Å². The molecule has 1 aliphatic carbocycles. The van der Waals surface area contributed by atoms with Crippen LogP contribution in [0.4, 0.5) is 5.82 Å². The second-order valence-electron chi connectivity index (χ2n) is 5.52. The van der Waals surface area contributed by atoms with Gasteiger partial charge in [0.1, 0.15) is 4.90 Å². The molecule has 1 aromatic rings. The van der Waals surface area contributed by atoms with Crippen LogP contribution >= 0.6 is 0 Å². The molecule has 0 radical (unpaired) electrons. The van der Waals surface area contributed by atoms with E-state index < -0.39 is 10.0 Å². The van der Waals surface area contributed by atoms with Gasteiger partial charge in [-0.2, -0.15) is 4.31 Å². The van der Waals surface area contributed by atoms with Gasteiger partial charge in [-0.3, -0.25) is 0 Å². The number of nitrogens with two attached hydrogens (primary N) is 1. The maximum Gasteiger partial charge on any atom is 0.247 e. The molecular weight excluding hydrogens is 276 g/mol. The van der Waals surface area contributed by atoms with Crippen LogP contribution in [0.1, 0.15) is 33.1 Å². The highest BCUT2D eigenvalue weighted by Crippen LogP contribution is 2.34. The number of aromatic nitrogens is 1. The number of sulfonamides is 1. The van der Waals surface area contributed by atoms with Gasteiger partial charge in [0.2, 0.25) is 10.0 Å². The van der Waals surface area contributed by atoms with Gasteiger partial charge in [-0.25, -0.2) is 19.2 Å². The number of nitrogens with zero attached hydrogens (tertiary/aromatic N) is 2. The zero-order valence-corrected chi connectivity index (χ0v) is 12.7. The van der Waals surface area contributed by atoms with E-state index in [0.717, 1.165) is 19.3 Å². The van der Waals surface area contributed by atoms with E-state index in [1.807, 2.05) is 0 Å². The monoisotopic (exact) mass is 298 g/mol. The topological polar surface area (TPSA) is 88.3 Å². The number of hydrogen-bond acceptors (Lipinski definition) is 5. The fraction of sp³-hybridized carbons (Fsp3) is 0.615. The van der Waals surface area contributed by atoms with Crippen molar-refractivity contribution in [1.82, 2.24) is 9.29 Å². The Morgan fingerprint density at radius 2 is 2.20 bits per heavy atom. The fourth-order valence-corrected chi connectivity index (χ4v) is 3.89. The van der Waals surface area contributed by atoms with E-state index in [2.05, 4.69) is 24.3 Å². The van der Waals surface area contributed by atoms with Crippen molar-refractivity contribution in [2.24, 2.45) is 11.8 Å². The zero-order valence-electron chi connectivity index (χ0n) is 11.9. The van der Waals surface area contributed by atoms with Crippen molar-refractivity contribution < 1.29 is 8.42 Å². The maximum atomic E-state index is 12.8. The molecule has 1 aromatic heterocycles. The zero-order chi connectivity index (χ0) is 14.8. The van der Waals surface area contributed by atoms with Crippen LogP contribution in [0.5, 0.6) is 0 Å². The highest BCUT2D eigenvalue weighted by Gasteiger charge is 2.38. The van der Waals surface area contributed by atoms with Crippen LogP contribution in [0.3, 0.4) is 0 Å². The molecule has 0 spiro atoms. The number of nitrogen functional groups attached to an aromatic ring is 1. The molecule has 6 nitrogen and oxygen atoms in total. The van der Waals surface area contributed by atoms with Gasteiger partial charge in [-0.05, 0) is 37.3 Å². The number of nitrogens with one attached hydrogen (secondary N) is 1. The summed E-state index contributed by atoms with van der Waals surface area (Å²) in [5, 5.41) is 0. The second-order valence-corrected chi connectivity index (χ2v) is 7.38. The summed E-state index contributed by atoms with van der Waals surface area (Å²) in [6.45, 7) is 4.73. The van der Waals surface area contributed by atoms with Crippen molar-refractivity contribution in [2.75, 3.05) is 12.0 Å². The summed E-state index contributed by atoms with van der Waals surface area (Å²) in [5.74, 6) is 6.03. The van der Waals surface area contributed by atoms with Crippen LogP contribution in [0.15, 0.2) is 23.2 Å². The lowest BCUT2D eigenvalue weighted by atomic mass is 10.1. The van der Waals surface area contributed by atoms with Gasteiger partial charge >= 0.3 is 0 Å². The Morgan fingerprint density at radius 3 is 2.75 bits per heavy atom. The smallest absolute Gasteiger partial charge is 0.247 e. The molecule has 112 valence electrons. The average molecular weight is 298 g/mol. The standard InChI is InChI=1S/C13H22N4O2S/c1-10(2)7-9-17(11-5-6-11)20(18,19)12-4-3-8-15-13(12)16-14/h3-4,8,10-11H,5-7,9,14H2,1-2H3,(H,15,16). The van der Waals surface area contributed by atoms with Crippen molar-refractivity contribution in [2.45, 2.75) is 44.0 Å². The Labute approximate surface area is 120 Å². The molecule has 0 amide bonds. The molecule has 0 atom stereocenters. The molecule has 0 saturated heterocycles. The van der Waals surface area contributed by atoms with Gasteiger partial charge in [0, 0.05) is 18.8 Å². The highest BCUT2D eigenvalue weighted by molar-refractivity contribution is 7.89. The summed E-state index contributed by atoms with van der Waals surface area (Å²) in [5.41, 5.74) is 2.36. The number of rotatable bonds is 7. The summed E-state index contributed by atoms with van der Waals surface area (Å²) < 4.78 is 27.2. The van der Waals surface area contributed by atoms with Crippen molar-refractivity contribution in [3.05, 3.63) is 18.3 Å². The first kappa shape index (κ1) is 15.2. The lowest BCUT2D eigenvalue weighted by Gasteiger charge is -2.23. The lowest BCUT2D eigenvalue weighted by Crippen LogP contribution is -2.35. The van der Waals surface area contributed by atoms with Gasteiger partial charge < -0.3 is 5.43 Å². The minimum atomic E-state index is -3.55. The number of anilines is 1. The molecule has 0 unspecified atom stereocenters. The molecular formula is C13H22N4O2S. The van der Waals surface area contributed by atoms with E-state index in [1.54, 1.807) is 16.4 Å². The van der Waals surface area contributed by atoms with Crippen molar-refractivity contribution in [3.8, 4) is 0 Å². The summed E-state index contributed by atoms with van der Waals surface area (Å²) in [7, 11) is -3.55. The Hall–Kier alpha value is -1.18. The first-order valence-electron chi connectivity index (χ1n) is 6.90. The van der Waals surface area contributed by atoms with E-state index in [-0.39, 0.29) is 16.8 Å². The third kappa shape index (κ3) is 3.28. The van der Waals surface area contributed by atoms with Crippen LogP contribution in [0.25, 0.3) is 0 Å². The van der Waals surface area contributed by atoms with Crippen molar-refractivity contribution >= 4 is 15.8 Å². The predicted octanol–water partition coefficient (Wildman–Crippen LogP) is 1.57. The van der Waals surface area contributed by atoms with Crippen LogP contribution in [0.2, 0.25) is 0 Å². The van der Waals surface area contributed by atoms with Gasteiger partial charge in [-0.15, -0.1) is 0 Å². The van der Waals surface area contributed by atoms with Crippen molar-refractivity contribution in [1.29, 1.82) is 0 Å². The van der Waals surface area contributed by atoms with Gasteiger partial charge in [-0.1, -0.05) is 13.8 Å². The molecule has 0 bridgehead atoms. The summed E-state index contributed by atoms with van der Waals surface area (Å²) in [6.07, 6.45) is 4.23. The van der Waals surface area contributed by atoms with Crippen LogP contribution in [-0.2, 0) is 10.0 Å². The molecule has 0 aromatic carbocycles. The molecule has 0 aliphatic heterocycles. The third-order valence-electron chi connectivity index (χ3n) is 3.38. The van der Waals surface area contributed by atoms with E-state index in [1.165, 1.54) is 6.20 Å².